The van der Waals surface area contributed by atoms with Gasteiger partial charge in [0.2, 0.25) is 0 Å². The van der Waals surface area contributed by atoms with Gasteiger partial charge in [-0.2, -0.15) is 0 Å². The third kappa shape index (κ3) is 65.1. The summed E-state index contributed by atoms with van der Waals surface area (Å²) in [5.41, 5.74) is 0. The summed E-state index contributed by atoms with van der Waals surface area (Å²) in [5.74, 6) is -0.989. The van der Waals surface area contributed by atoms with E-state index in [-0.39, 0.29) is 37.5 Å². The van der Waals surface area contributed by atoms with E-state index >= 15 is 0 Å². The van der Waals surface area contributed by atoms with Crippen LogP contribution in [0.25, 0.3) is 0 Å². The second-order valence-corrected chi connectivity index (χ2v) is 20.6. The second-order valence-electron chi connectivity index (χ2n) is 20.6. The summed E-state index contributed by atoms with van der Waals surface area (Å²) in [7, 11) is 0. The molecule has 82 heavy (non-hydrogen) atoms. The van der Waals surface area contributed by atoms with Gasteiger partial charge in [-0.1, -0.05) is 273 Å². The zero-order valence-corrected chi connectivity index (χ0v) is 52.2. The largest absolute Gasteiger partial charge is 0.462 e. The maximum Gasteiger partial charge on any atom is 0.306 e. The van der Waals surface area contributed by atoms with Crippen molar-refractivity contribution in [2.24, 2.45) is 0 Å². The fourth-order valence-corrected chi connectivity index (χ4v) is 8.06. The van der Waals surface area contributed by atoms with Crippen molar-refractivity contribution in [3.8, 4) is 0 Å². The van der Waals surface area contributed by atoms with Crippen LogP contribution in [0, 0.1) is 0 Å². The molecule has 0 aromatic rings. The van der Waals surface area contributed by atoms with Crippen molar-refractivity contribution in [2.45, 2.75) is 252 Å². The van der Waals surface area contributed by atoms with Crippen molar-refractivity contribution < 1.29 is 28.6 Å². The van der Waals surface area contributed by atoms with Crippen LogP contribution < -0.4 is 0 Å². The van der Waals surface area contributed by atoms with Crippen molar-refractivity contribution >= 4 is 17.9 Å². The van der Waals surface area contributed by atoms with E-state index in [4.69, 9.17) is 14.2 Å². The highest BCUT2D eigenvalue weighted by molar-refractivity contribution is 5.71. The number of allylic oxidation sites excluding steroid dienone is 32. The molecule has 0 radical (unpaired) electrons. The predicted octanol–water partition coefficient (Wildman–Crippen LogP) is 22.6. The van der Waals surface area contributed by atoms with Crippen molar-refractivity contribution in [1.82, 2.24) is 0 Å². The Morgan fingerprint density at radius 3 is 0.768 bits per heavy atom. The van der Waals surface area contributed by atoms with Gasteiger partial charge >= 0.3 is 17.9 Å². The van der Waals surface area contributed by atoms with Crippen molar-refractivity contribution in [2.75, 3.05) is 13.2 Å². The average molecular weight is 1130 g/mol. The summed E-state index contributed by atoms with van der Waals surface area (Å²) in [4.78, 5) is 38.0. The first kappa shape index (κ1) is 76.2. The summed E-state index contributed by atoms with van der Waals surface area (Å²) in [6.07, 6.45) is 103. The van der Waals surface area contributed by atoms with Crippen molar-refractivity contribution in [3.63, 3.8) is 0 Å². The molecule has 6 nitrogen and oxygen atoms in total. The fourth-order valence-electron chi connectivity index (χ4n) is 8.06. The molecule has 0 rings (SSSR count). The van der Waals surface area contributed by atoms with E-state index in [1.54, 1.807) is 0 Å². The number of ether oxygens (including phenoxy) is 3. The summed E-state index contributed by atoms with van der Waals surface area (Å²) in [6, 6.07) is 0. The molecule has 0 aromatic carbocycles. The number of carbonyl (C=O) groups is 3. The molecule has 0 amide bonds. The van der Waals surface area contributed by atoms with Crippen LogP contribution >= 0.6 is 0 Å². The fraction of sp³-hybridized carbons (Fsp3) is 0.539. The van der Waals surface area contributed by atoms with Crippen LogP contribution in [-0.4, -0.2) is 37.2 Å². The van der Waals surface area contributed by atoms with E-state index in [9.17, 15) is 14.4 Å². The molecular weight excluding hydrogens is 1010 g/mol. The SMILES string of the molecule is CC/C=C\C/C=C\C/C=C\C/C=C\C/C=C\C/C=C\C/C=C\C/C=C\C/C=C\C/C=C\CCCCC(=O)OCC(COC(=O)CCCCCCCC)OC(=O)CCCCCCCC/C=C\C/C=C\C/C=C\C/C=C\C/C=C\C/C=C\CC. The standard InChI is InChI=1S/C76H116O6/c1-4-7-10-13-16-18-20-22-24-26-28-30-32-34-35-36-37-38-39-40-41-43-44-46-48-50-52-54-56-58-60-63-66-69-75(78)81-72-73(71-80-74(77)68-65-62-15-12-9-6-3)82-76(79)70-67-64-61-59-57-55-53-51-49-47-45-42-33-31-29-27-25-23-21-19-17-14-11-8-5-2/h7-8,10-11,16-19,22-25,28-31,34-35,37-38,40-42,44-46,49-52,56,58,73H,4-6,9,12-15,20-21,26-27,32-33,36,39,43,47-48,53-55,57,59-72H2,1-3H3/b10-7-,11-8-,18-16-,19-17-,24-22-,25-23-,30-28-,31-29-,35-34-,38-37-,41-40-,45-42-,46-44-,51-49-,52-50-,58-56-. The third-order valence-corrected chi connectivity index (χ3v) is 12.8. The van der Waals surface area contributed by atoms with Gasteiger partial charge in [-0.3, -0.25) is 14.4 Å². The Bertz CT molecular complexity index is 1970. The number of hydrogen-bond acceptors (Lipinski definition) is 6. The molecule has 1 unspecified atom stereocenters. The molecule has 1 atom stereocenters. The molecular formula is C76H116O6. The minimum absolute atomic E-state index is 0.107. The highest BCUT2D eigenvalue weighted by Crippen LogP contribution is 2.13. The second kappa shape index (κ2) is 67.8. The number of carbonyl (C=O) groups excluding carboxylic acids is 3. The van der Waals surface area contributed by atoms with Crippen LogP contribution in [0.2, 0.25) is 0 Å². The Balaban J connectivity index is 4.27. The lowest BCUT2D eigenvalue weighted by atomic mass is 10.1. The zero-order chi connectivity index (χ0) is 59.2. The van der Waals surface area contributed by atoms with Crippen LogP contribution in [0.15, 0.2) is 194 Å². The number of hydrogen-bond donors (Lipinski definition) is 0. The van der Waals surface area contributed by atoms with Crippen LogP contribution in [0.5, 0.6) is 0 Å². The smallest absolute Gasteiger partial charge is 0.306 e. The van der Waals surface area contributed by atoms with Gasteiger partial charge in [-0.15, -0.1) is 0 Å². The van der Waals surface area contributed by atoms with E-state index < -0.39 is 6.10 Å². The molecule has 0 aliphatic carbocycles. The highest BCUT2D eigenvalue weighted by Gasteiger charge is 2.19. The Morgan fingerprint density at radius 1 is 0.256 bits per heavy atom. The predicted molar refractivity (Wildman–Crippen MR) is 357 cm³/mol. The molecule has 0 N–H and O–H groups in total. The van der Waals surface area contributed by atoms with E-state index in [0.29, 0.717) is 19.3 Å². The third-order valence-electron chi connectivity index (χ3n) is 12.8. The molecule has 0 aliphatic heterocycles. The zero-order valence-electron chi connectivity index (χ0n) is 52.2. The van der Waals surface area contributed by atoms with Gasteiger partial charge in [-0.25, -0.2) is 0 Å². The van der Waals surface area contributed by atoms with Gasteiger partial charge in [0.25, 0.3) is 0 Å². The summed E-state index contributed by atoms with van der Waals surface area (Å²) >= 11 is 0. The van der Waals surface area contributed by atoms with Crippen molar-refractivity contribution in [1.29, 1.82) is 0 Å². The lowest BCUT2D eigenvalue weighted by Gasteiger charge is -2.18. The molecule has 0 heterocycles. The molecule has 6 heteroatoms. The molecule has 0 aliphatic rings. The number of rotatable bonds is 56. The van der Waals surface area contributed by atoms with E-state index in [2.05, 4.69) is 215 Å². The van der Waals surface area contributed by atoms with Crippen LogP contribution in [0.4, 0.5) is 0 Å². The van der Waals surface area contributed by atoms with Gasteiger partial charge in [0.1, 0.15) is 13.2 Å². The van der Waals surface area contributed by atoms with Gasteiger partial charge in [0, 0.05) is 19.3 Å². The maximum absolute atomic E-state index is 12.8. The minimum atomic E-state index is -0.813. The Hall–Kier alpha value is -5.75. The lowest BCUT2D eigenvalue weighted by molar-refractivity contribution is -0.167. The molecule has 456 valence electrons. The van der Waals surface area contributed by atoms with Gasteiger partial charge in [0.15, 0.2) is 6.10 Å². The first-order valence-electron chi connectivity index (χ1n) is 32.4. The highest BCUT2D eigenvalue weighted by atomic mass is 16.6. The molecule has 0 bridgehead atoms. The summed E-state index contributed by atoms with van der Waals surface area (Å²) in [6.45, 7) is 6.28. The summed E-state index contributed by atoms with van der Waals surface area (Å²) in [5, 5.41) is 0. The number of unbranched alkanes of at least 4 members (excludes halogenated alkanes) is 13. The quantitative estimate of drug-likeness (QED) is 0.0261. The number of esters is 3. The topological polar surface area (TPSA) is 78.9 Å². The van der Waals surface area contributed by atoms with Gasteiger partial charge in [-0.05, 0) is 148 Å². The van der Waals surface area contributed by atoms with Crippen LogP contribution in [0.3, 0.4) is 0 Å². The molecule has 0 saturated heterocycles. The van der Waals surface area contributed by atoms with E-state index in [1.807, 2.05) is 0 Å². The van der Waals surface area contributed by atoms with Gasteiger partial charge in [0.05, 0.1) is 0 Å². The van der Waals surface area contributed by atoms with Crippen molar-refractivity contribution in [3.05, 3.63) is 194 Å². The minimum Gasteiger partial charge on any atom is -0.462 e. The first-order chi connectivity index (χ1) is 40.5. The van der Waals surface area contributed by atoms with Crippen LogP contribution in [0.1, 0.15) is 245 Å². The molecule has 0 aromatic heterocycles. The summed E-state index contributed by atoms with van der Waals surface area (Å²) < 4.78 is 16.7. The normalized spacial score (nSPS) is 13.5. The average Bonchev–Trinajstić information content (AvgIpc) is 3.47. The van der Waals surface area contributed by atoms with Gasteiger partial charge < -0.3 is 14.2 Å². The molecule has 0 saturated carbocycles. The first-order valence-corrected chi connectivity index (χ1v) is 32.4. The Labute approximate surface area is 503 Å². The van der Waals surface area contributed by atoms with E-state index in [0.717, 1.165) is 167 Å². The Morgan fingerprint density at radius 2 is 0.476 bits per heavy atom. The maximum atomic E-state index is 12.8. The van der Waals surface area contributed by atoms with Crippen LogP contribution in [-0.2, 0) is 28.6 Å². The monoisotopic (exact) mass is 1120 g/mol. The lowest BCUT2D eigenvalue weighted by Crippen LogP contribution is -2.30. The molecule has 0 fully saturated rings. The Kier molecular flexibility index (Phi) is 63.0. The van der Waals surface area contributed by atoms with E-state index in [1.165, 1.54) is 32.1 Å². The molecule has 0 spiro atoms.